The van der Waals surface area contributed by atoms with E-state index in [0.717, 1.165) is 19.3 Å². The summed E-state index contributed by atoms with van der Waals surface area (Å²) in [7, 11) is 0. The molecule has 5 N–H and O–H groups in total. The van der Waals surface area contributed by atoms with E-state index in [2.05, 4.69) is 5.73 Å². The van der Waals surface area contributed by atoms with Crippen molar-refractivity contribution in [1.29, 1.82) is 0 Å². The van der Waals surface area contributed by atoms with Gasteiger partial charge in [-0.3, -0.25) is 4.79 Å². The van der Waals surface area contributed by atoms with Crippen LogP contribution in [0, 0.1) is 5.92 Å². The van der Waals surface area contributed by atoms with Crippen molar-refractivity contribution in [2.75, 3.05) is 0 Å². The molecule has 3 nitrogen and oxygen atoms in total. The molecule has 0 aromatic heterocycles. The molecule has 2 atom stereocenters. The van der Waals surface area contributed by atoms with Gasteiger partial charge in [0.1, 0.15) is 0 Å². The Hall–Kier alpha value is -0.570. The Kier molecular flexibility index (Phi) is 1.71. The standard InChI is InChI=1S/C6H12N2O/c7-5-3-1-2-4(5)6(8)9/h4-5H,1-3,7H2,(H2,8,9)/p+1/t4-,5-/m1/s1. The molecule has 3 heteroatoms. The van der Waals surface area contributed by atoms with E-state index in [0.29, 0.717) is 0 Å². The molecular formula is C6H13N2O+. The van der Waals surface area contributed by atoms with Crippen molar-refractivity contribution >= 4 is 5.91 Å². The predicted octanol–water partition coefficient (Wildman–Crippen LogP) is -1.12. The van der Waals surface area contributed by atoms with Gasteiger partial charge in [-0.2, -0.15) is 0 Å². The first-order chi connectivity index (χ1) is 4.22. The highest BCUT2D eigenvalue weighted by Gasteiger charge is 2.31. The monoisotopic (exact) mass is 129 g/mol. The van der Waals surface area contributed by atoms with Gasteiger partial charge in [-0.05, 0) is 12.8 Å². The SMILES string of the molecule is NC(=O)[C@@H]1CCC[C@H]1[NH3+]. The summed E-state index contributed by atoms with van der Waals surface area (Å²) in [4.78, 5) is 10.6. The summed E-state index contributed by atoms with van der Waals surface area (Å²) in [6, 6.07) is 0.280. The second-order valence-corrected chi connectivity index (χ2v) is 2.70. The van der Waals surface area contributed by atoms with Gasteiger partial charge in [0.05, 0.1) is 12.0 Å². The highest BCUT2D eigenvalue weighted by molar-refractivity contribution is 5.77. The zero-order chi connectivity index (χ0) is 6.85. The lowest BCUT2D eigenvalue weighted by Crippen LogP contribution is -2.64. The molecule has 52 valence electrons. The lowest BCUT2D eigenvalue weighted by atomic mass is 10.0. The first kappa shape index (κ1) is 6.55. The zero-order valence-electron chi connectivity index (χ0n) is 5.47. The van der Waals surface area contributed by atoms with Crippen LogP contribution in [0.1, 0.15) is 19.3 Å². The lowest BCUT2D eigenvalue weighted by molar-refractivity contribution is -0.424. The third-order valence-corrected chi connectivity index (χ3v) is 2.02. The summed E-state index contributed by atoms with van der Waals surface area (Å²) in [6.07, 6.45) is 3.12. The van der Waals surface area contributed by atoms with Crippen LogP contribution in [-0.2, 0) is 4.79 Å². The molecule has 0 aromatic carbocycles. The minimum atomic E-state index is -0.174. The summed E-state index contributed by atoms with van der Waals surface area (Å²) in [6.45, 7) is 0. The molecule has 0 heterocycles. The molecule has 0 saturated heterocycles. The van der Waals surface area contributed by atoms with Gasteiger partial charge in [0.15, 0.2) is 0 Å². The quantitative estimate of drug-likeness (QED) is 0.462. The molecule has 0 bridgehead atoms. The first-order valence-electron chi connectivity index (χ1n) is 3.34. The molecule has 0 radical (unpaired) electrons. The Morgan fingerprint density at radius 1 is 1.56 bits per heavy atom. The Morgan fingerprint density at radius 3 is 2.44 bits per heavy atom. The number of nitrogens with two attached hydrogens (primary N) is 1. The number of quaternary nitrogens is 1. The fourth-order valence-electron chi connectivity index (χ4n) is 1.41. The topological polar surface area (TPSA) is 70.7 Å². The van der Waals surface area contributed by atoms with E-state index in [-0.39, 0.29) is 17.9 Å². The van der Waals surface area contributed by atoms with Crippen molar-refractivity contribution in [3.8, 4) is 0 Å². The summed E-state index contributed by atoms with van der Waals surface area (Å²) >= 11 is 0. The van der Waals surface area contributed by atoms with Crippen LogP contribution in [0.2, 0.25) is 0 Å². The second-order valence-electron chi connectivity index (χ2n) is 2.70. The number of carbonyl (C=O) groups is 1. The molecule has 0 unspecified atom stereocenters. The number of hydrogen-bond acceptors (Lipinski definition) is 1. The maximum Gasteiger partial charge on any atom is 0.226 e. The summed E-state index contributed by atoms with van der Waals surface area (Å²) in [5.74, 6) is -0.113. The van der Waals surface area contributed by atoms with Gasteiger partial charge in [0, 0.05) is 6.42 Å². The van der Waals surface area contributed by atoms with E-state index in [1.54, 1.807) is 0 Å². The fraction of sp³-hybridized carbons (Fsp3) is 0.833. The maximum atomic E-state index is 10.6. The number of carbonyl (C=O) groups excluding carboxylic acids is 1. The van der Waals surface area contributed by atoms with Crippen molar-refractivity contribution in [1.82, 2.24) is 0 Å². The average molecular weight is 129 g/mol. The number of rotatable bonds is 1. The molecule has 0 aromatic rings. The fourth-order valence-corrected chi connectivity index (χ4v) is 1.41. The molecule has 1 amide bonds. The summed E-state index contributed by atoms with van der Waals surface area (Å²) in [5.41, 5.74) is 8.95. The normalized spacial score (nSPS) is 34.8. The Bertz CT molecular complexity index is 124. The molecule has 1 aliphatic rings. The van der Waals surface area contributed by atoms with E-state index in [9.17, 15) is 4.79 Å². The van der Waals surface area contributed by atoms with E-state index >= 15 is 0 Å². The van der Waals surface area contributed by atoms with E-state index in [1.807, 2.05) is 0 Å². The number of amides is 1. The van der Waals surface area contributed by atoms with Gasteiger partial charge in [-0.25, -0.2) is 0 Å². The van der Waals surface area contributed by atoms with Crippen LogP contribution < -0.4 is 11.5 Å². The van der Waals surface area contributed by atoms with Crippen molar-refractivity contribution in [2.45, 2.75) is 25.3 Å². The van der Waals surface area contributed by atoms with Crippen LogP contribution >= 0.6 is 0 Å². The van der Waals surface area contributed by atoms with Crippen LogP contribution in [-0.4, -0.2) is 11.9 Å². The average Bonchev–Trinajstić information content (AvgIpc) is 2.13. The largest absolute Gasteiger partial charge is 0.369 e. The predicted molar refractivity (Wildman–Crippen MR) is 33.2 cm³/mol. The van der Waals surface area contributed by atoms with E-state index < -0.39 is 0 Å². The number of primary amides is 1. The van der Waals surface area contributed by atoms with E-state index in [1.165, 1.54) is 0 Å². The molecule has 1 saturated carbocycles. The van der Waals surface area contributed by atoms with Gasteiger partial charge >= 0.3 is 0 Å². The first-order valence-corrected chi connectivity index (χ1v) is 3.34. The van der Waals surface area contributed by atoms with Gasteiger partial charge < -0.3 is 11.5 Å². The third-order valence-electron chi connectivity index (χ3n) is 2.02. The minimum absolute atomic E-state index is 0.0602. The van der Waals surface area contributed by atoms with Crippen LogP contribution in [0.25, 0.3) is 0 Å². The molecule has 9 heavy (non-hydrogen) atoms. The Labute approximate surface area is 54.4 Å². The van der Waals surface area contributed by atoms with Crippen molar-refractivity contribution in [3.05, 3.63) is 0 Å². The van der Waals surface area contributed by atoms with Crippen LogP contribution in [0.5, 0.6) is 0 Å². The maximum absolute atomic E-state index is 10.6. The molecule has 1 aliphatic carbocycles. The Balaban J connectivity index is 2.49. The number of hydrogen-bond donors (Lipinski definition) is 2. The third kappa shape index (κ3) is 1.21. The Morgan fingerprint density at radius 2 is 2.22 bits per heavy atom. The molecule has 1 fully saturated rings. The molecule has 0 aliphatic heterocycles. The van der Waals surface area contributed by atoms with Gasteiger partial charge in [-0.1, -0.05) is 0 Å². The minimum Gasteiger partial charge on any atom is -0.369 e. The van der Waals surface area contributed by atoms with Crippen molar-refractivity contribution in [2.24, 2.45) is 11.7 Å². The smallest absolute Gasteiger partial charge is 0.226 e. The van der Waals surface area contributed by atoms with Gasteiger partial charge in [0.25, 0.3) is 0 Å². The highest BCUT2D eigenvalue weighted by Crippen LogP contribution is 2.21. The summed E-state index contributed by atoms with van der Waals surface area (Å²) in [5, 5.41) is 0. The lowest BCUT2D eigenvalue weighted by Gasteiger charge is -2.05. The van der Waals surface area contributed by atoms with Crippen molar-refractivity contribution < 1.29 is 10.5 Å². The highest BCUT2D eigenvalue weighted by atomic mass is 16.1. The molecular weight excluding hydrogens is 116 g/mol. The van der Waals surface area contributed by atoms with Crippen LogP contribution in [0.4, 0.5) is 0 Å². The van der Waals surface area contributed by atoms with Crippen molar-refractivity contribution in [3.63, 3.8) is 0 Å². The summed E-state index contributed by atoms with van der Waals surface area (Å²) < 4.78 is 0. The van der Waals surface area contributed by atoms with Crippen LogP contribution in [0.15, 0.2) is 0 Å². The second kappa shape index (κ2) is 2.35. The van der Waals surface area contributed by atoms with Gasteiger partial charge in [0.2, 0.25) is 5.91 Å². The molecule has 0 spiro atoms. The van der Waals surface area contributed by atoms with Crippen LogP contribution in [0.3, 0.4) is 0 Å². The van der Waals surface area contributed by atoms with Gasteiger partial charge in [-0.15, -0.1) is 0 Å². The molecule has 1 rings (SSSR count). The zero-order valence-corrected chi connectivity index (χ0v) is 5.47. The van der Waals surface area contributed by atoms with E-state index in [4.69, 9.17) is 5.73 Å².